The second kappa shape index (κ2) is 6.44. The first-order valence-corrected chi connectivity index (χ1v) is 7.01. The Morgan fingerprint density at radius 2 is 2.12 bits per heavy atom. The number of hydrogen-bond acceptors (Lipinski definition) is 2. The van der Waals surface area contributed by atoms with Gasteiger partial charge in [-0.2, -0.15) is 0 Å². The Morgan fingerprint density at radius 3 is 2.59 bits per heavy atom. The third-order valence-corrected chi connectivity index (χ3v) is 3.82. The van der Waals surface area contributed by atoms with Gasteiger partial charge in [-0.25, -0.2) is 0 Å². The van der Waals surface area contributed by atoms with Crippen molar-refractivity contribution < 1.29 is 4.74 Å². The molecule has 2 unspecified atom stereocenters. The van der Waals surface area contributed by atoms with E-state index in [1.165, 1.54) is 12.2 Å². The summed E-state index contributed by atoms with van der Waals surface area (Å²) in [5.41, 5.74) is 0.364. The molecule has 0 radical (unpaired) electrons. The molecule has 0 saturated carbocycles. The molecule has 1 aliphatic heterocycles. The van der Waals surface area contributed by atoms with Crippen molar-refractivity contribution >= 4 is 0 Å². The predicted molar refractivity (Wildman–Crippen MR) is 74.0 cm³/mol. The molecule has 100 valence electrons. The minimum absolute atomic E-state index is 0.364. The van der Waals surface area contributed by atoms with E-state index in [1.807, 2.05) is 0 Å². The van der Waals surface area contributed by atoms with E-state index in [1.54, 1.807) is 0 Å². The van der Waals surface area contributed by atoms with E-state index in [2.05, 4.69) is 46.0 Å². The summed E-state index contributed by atoms with van der Waals surface area (Å²) in [4.78, 5) is 0. The van der Waals surface area contributed by atoms with Gasteiger partial charge in [0.05, 0.1) is 12.6 Å². The van der Waals surface area contributed by atoms with Gasteiger partial charge in [0, 0.05) is 0 Å². The first-order chi connectivity index (χ1) is 7.95. The summed E-state index contributed by atoms with van der Waals surface area (Å²) in [7, 11) is 0. The molecular formula is C15H29NO. The van der Waals surface area contributed by atoms with Gasteiger partial charge in [-0.3, -0.25) is 0 Å². The molecule has 1 heterocycles. The van der Waals surface area contributed by atoms with Crippen LogP contribution in [0.5, 0.6) is 0 Å². The number of rotatable bonds is 5. The molecule has 0 aromatic carbocycles. The number of nitrogens with one attached hydrogen (secondary N) is 1. The minimum atomic E-state index is 0.364. The van der Waals surface area contributed by atoms with Crippen LogP contribution in [-0.2, 0) is 4.74 Å². The van der Waals surface area contributed by atoms with Crippen LogP contribution < -0.4 is 5.32 Å². The number of ether oxygens (including phenoxy) is 1. The van der Waals surface area contributed by atoms with Crippen molar-refractivity contribution in [2.75, 3.05) is 13.2 Å². The summed E-state index contributed by atoms with van der Waals surface area (Å²) in [6.07, 6.45) is 5.76. The van der Waals surface area contributed by atoms with Crippen molar-refractivity contribution in [3.8, 4) is 0 Å². The Hall–Kier alpha value is -0.500. The molecule has 17 heavy (non-hydrogen) atoms. The predicted octanol–water partition coefficient (Wildman–Crippen LogP) is 3.73. The van der Waals surface area contributed by atoms with Gasteiger partial charge in [-0.1, -0.05) is 34.6 Å². The van der Waals surface area contributed by atoms with Crippen molar-refractivity contribution in [3.05, 3.63) is 11.8 Å². The summed E-state index contributed by atoms with van der Waals surface area (Å²) >= 11 is 0. The van der Waals surface area contributed by atoms with Crippen molar-refractivity contribution in [1.29, 1.82) is 0 Å². The quantitative estimate of drug-likeness (QED) is 0.789. The highest BCUT2D eigenvalue weighted by Crippen LogP contribution is 2.31. The van der Waals surface area contributed by atoms with Crippen molar-refractivity contribution in [2.45, 2.75) is 59.9 Å². The zero-order chi connectivity index (χ0) is 12.9. The monoisotopic (exact) mass is 239 g/mol. The Kier molecular flexibility index (Phi) is 5.51. The zero-order valence-corrected chi connectivity index (χ0v) is 12.2. The maximum Gasteiger partial charge on any atom is 0.109 e. The lowest BCUT2D eigenvalue weighted by Crippen LogP contribution is -2.36. The number of likely N-dealkylation sites (N-methyl/N-ethyl adjacent to an activating group) is 1. The Labute approximate surface area is 107 Å². The normalized spacial score (nSPS) is 20.4. The fourth-order valence-electron chi connectivity index (χ4n) is 2.07. The van der Waals surface area contributed by atoms with Gasteiger partial charge in [-0.15, -0.1) is 0 Å². The first-order valence-electron chi connectivity index (χ1n) is 7.01. The molecule has 2 nitrogen and oxygen atoms in total. The van der Waals surface area contributed by atoms with Crippen LogP contribution in [0, 0.1) is 11.3 Å². The van der Waals surface area contributed by atoms with Crippen molar-refractivity contribution in [3.63, 3.8) is 0 Å². The van der Waals surface area contributed by atoms with Crippen LogP contribution in [0.4, 0.5) is 0 Å². The smallest absolute Gasteiger partial charge is 0.109 e. The molecule has 0 spiro atoms. The molecule has 0 aromatic rings. The van der Waals surface area contributed by atoms with Crippen LogP contribution in [0.25, 0.3) is 0 Å². The zero-order valence-electron chi connectivity index (χ0n) is 12.2. The lowest BCUT2D eigenvalue weighted by atomic mass is 9.78. The lowest BCUT2D eigenvalue weighted by molar-refractivity contribution is 0.147. The second-order valence-electron chi connectivity index (χ2n) is 6.21. The summed E-state index contributed by atoms with van der Waals surface area (Å²) in [5, 5.41) is 3.56. The lowest BCUT2D eigenvalue weighted by Gasteiger charge is -2.32. The molecule has 1 rings (SSSR count). The molecule has 0 bridgehead atoms. The molecule has 1 N–H and O–H groups in total. The largest absolute Gasteiger partial charge is 0.497 e. The maximum absolute atomic E-state index is 5.80. The molecular weight excluding hydrogens is 210 g/mol. The van der Waals surface area contributed by atoms with Gasteiger partial charge >= 0.3 is 0 Å². The highest BCUT2D eigenvalue weighted by molar-refractivity contribution is 5.06. The summed E-state index contributed by atoms with van der Waals surface area (Å²) in [6, 6.07) is 0.398. The Balaban J connectivity index is 2.62. The van der Waals surface area contributed by atoms with E-state index in [4.69, 9.17) is 4.74 Å². The molecule has 1 aliphatic rings. The van der Waals surface area contributed by atoms with Gasteiger partial charge in [0.15, 0.2) is 0 Å². The molecule has 0 aromatic heterocycles. The molecule has 0 aliphatic carbocycles. The average Bonchev–Trinajstić information content (AvgIpc) is 2.28. The molecule has 0 saturated heterocycles. The third-order valence-electron chi connectivity index (χ3n) is 3.82. The van der Waals surface area contributed by atoms with Crippen molar-refractivity contribution in [1.82, 2.24) is 5.32 Å². The second-order valence-corrected chi connectivity index (χ2v) is 6.21. The first kappa shape index (κ1) is 14.6. The summed E-state index contributed by atoms with van der Waals surface area (Å²) in [6.45, 7) is 13.3. The fourth-order valence-corrected chi connectivity index (χ4v) is 2.07. The number of allylic oxidation sites excluding steroid dienone is 1. The van der Waals surface area contributed by atoms with E-state index in [-0.39, 0.29) is 0 Å². The third kappa shape index (κ3) is 4.71. The maximum atomic E-state index is 5.80. The Morgan fingerprint density at radius 1 is 1.41 bits per heavy atom. The SMILES string of the molecule is CCNC(CC(C)C(C)(C)C)C1=CCCCO1. The summed E-state index contributed by atoms with van der Waals surface area (Å²) in [5.74, 6) is 1.85. The molecule has 0 amide bonds. The van der Waals surface area contributed by atoms with Gasteiger partial charge in [0.2, 0.25) is 0 Å². The summed E-state index contributed by atoms with van der Waals surface area (Å²) < 4.78 is 5.80. The van der Waals surface area contributed by atoms with Gasteiger partial charge in [-0.05, 0) is 43.2 Å². The molecule has 0 fully saturated rings. The van der Waals surface area contributed by atoms with Gasteiger partial charge in [0.1, 0.15) is 5.76 Å². The van der Waals surface area contributed by atoms with Crippen LogP contribution in [0.3, 0.4) is 0 Å². The fraction of sp³-hybridized carbons (Fsp3) is 0.867. The van der Waals surface area contributed by atoms with Crippen LogP contribution in [0.15, 0.2) is 11.8 Å². The highest BCUT2D eigenvalue weighted by Gasteiger charge is 2.26. The molecule has 2 heteroatoms. The van der Waals surface area contributed by atoms with E-state index in [9.17, 15) is 0 Å². The highest BCUT2D eigenvalue weighted by atomic mass is 16.5. The van der Waals surface area contributed by atoms with E-state index < -0.39 is 0 Å². The minimum Gasteiger partial charge on any atom is -0.497 e. The Bertz CT molecular complexity index is 252. The van der Waals surface area contributed by atoms with Crippen LogP contribution in [0.1, 0.15) is 53.9 Å². The number of hydrogen-bond donors (Lipinski definition) is 1. The topological polar surface area (TPSA) is 21.3 Å². The van der Waals surface area contributed by atoms with Crippen molar-refractivity contribution in [2.24, 2.45) is 11.3 Å². The van der Waals surface area contributed by atoms with Gasteiger partial charge < -0.3 is 10.1 Å². The molecule has 2 atom stereocenters. The standard InChI is InChI=1S/C15H29NO/c1-6-16-13(11-12(2)15(3,4)5)14-9-7-8-10-17-14/h9,12-13,16H,6-8,10-11H2,1-5H3. The van der Waals surface area contributed by atoms with Crippen LogP contribution in [-0.4, -0.2) is 19.2 Å². The average molecular weight is 239 g/mol. The van der Waals surface area contributed by atoms with Crippen LogP contribution in [0.2, 0.25) is 0 Å². The van der Waals surface area contributed by atoms with E-state index in [0.29, 0.717) is 17.4 Å². The van der Waals surface area contributed by atoms with E-state index in [0.717, 1.165) is 26.0 Å². The van der Waals surface area contributed by atoms with Gasteiger partial charge in [0.25, 0.3) is 0 Å². The van der Waals surface area contributed by atoms with E-state index >= 15 is 0 Å². The van der Waals surface area contributed by atoms with Crippen LogP contribution >= 0.6 is 0 Å².